The molecule has 266 valence electrons. The van der Waals surface area contributed by atoms with Gasteiger partial charge in [0.2, 0.25) is 0 Å². The van der Waals surface area contributed by atoms with Gasteiger partial charge in [-0.25, -0.2) is 4.79 Å². The highest BCUT2D eigenvalue weighted by Gasteiger charge is 2.50. The molecule has 11 heteroatoms. The maximum absolute atomic E-state index is 13.7. The van der Waals surface area contributed by atoms with Crippen molar-refractivity contribution in [3.05, 3.63) is 71.9 Å². The first-order valence-electron chi connectivity index (χ1n) is 17.7. The molecule has 1 atom stereocenters. The van der Waals surface area contributed by atoms with Gasteiger partial charge in [0, 0.05) is 44.9 Å². The van der Waals surface area contributed by atoms with E-state index in [4.69, 9.17) is 23.9 Å². The number of rotatable bonds is 11. The molecular weight excluding hydrogens is 633 g/mol. The second-order valence-electron chi connectivity index (χ2n) is 15.4. The van der Waals surface area contributed by atoms with Crippen LogP contribution in [0.2, 0.25) is 5.04 Å². The van der Waals surface area contributed by atoms with E-state index in [1.807, 2.05) is 39.8 Å². The van der Waals surface area contributed by atoms with Gasteiger partial charge >= 0.3 is 12.1 Å². The topological polar surface area (TPSA) is 92.3 Å². The SMILES string of the molecule is CN(C)CCOc1nc2c(c(N3CCN(C(=O)OC(C)(C)C)[C@@H](CCO[Si](c4ccccc4)(c4ccccc4)C(C)(C)C)C3)n1)CCNC2. The number of benzene rings is 2. The van der Waals surface area contributed by atoms with Crippen LogP contribution in [0.5, 0.6) is 6.01 Å². The average molecular weight is 689 g/mol. The summed E-state index contributed by atoms with van der Waals surface area (Å²) in [6.07, 6.45) is 1.21. The Morgan fingerprint density at radius 3 is 2.18 bits per heavy atom. The van der Waals surface area contributed by atoms with Gasteiger partial charge in [0.05, 0.1) is 11.7 Å². The summed E-state index contributed by atoms with van der Waals surface area (Å²) >= 11 is 0. The number of carbonyl (C=O) groups is 1. The largest absolute Gasteiger partial charge is 0.462 e. The molecule has 0 aliphatic carbocycles. The molecule has 5 rings (SSSR count). The predicted octanol–water partition coefficient (Wildman–Crippen LogP) is 4.46. The van der Waals surface area contributed by atoms with Gasteiger partial charge in [-0.05, 0) is 69.7 Å². The van der Waals surface area contributed by atoms with E-state index in [0.29, 0.717) is 51.8 Å². The minimum atomic E-state index is -2.75. The summed E-state index contributed by atoms with van der Waals surface area (Å²) in [4.78, 5) is 29.8. The van der Waals surface area contributed by atoms with E-state index in [-0.39, 0.29) is 17.2 Å². The number of hydrogen-bond acceptors (Lipinski definition) is 9. The van der Waals surface area contributed by atoms with Crippen molar-refractivity contribution in [1.29, 1.82) is 0 Å². The van der Waals surface area contributed by atoms with E-state index in [2.05, 4.69) is 96.6 Å². The van der Waals surface area contributed by atoms with Crippen molar-refractivity contribution in [2.75, 3.05) is 64.9 Å². The van der Waals surface area contributed by atoms with Gasteiger partial charge in [0.25, 0.3) is 8.32 Å². The van der Waals surface area contributed by atoms with Crippen molar-refractivity contribution < 1.29 is 18.7 Å². The van der Waals surface area contributed by atoms with Crippen LogP contribution >= 0.6 is 0 Å². The molecular formula is C38H56N6O4Si. The number of hydrogen-bond donors (Lipinski definition) is 1. The predicted molar refractivity (Wildman–Crippen MR) is 199 cm³/mol. The molecule has 2 aliphatic heterocycles. The molecule has 0 bridgehead atoms. The zero-order chi connectivity index (χ0) is 35.2. The zero-order valence-electron chi connectivity index (χ0n) is 30.8. The molecule has 1 N–H and O–H groups in total. The molecule has 1 fully saturated rings. The van der Waals surface area contributed by atoms with Crippen LogP contribution in [0.4, 0.5) is 10.6 Å². The fourth-order valence-corrected chi connectivity index (χ4v) is 11.5. The Balaban J connectivity index is 1.45. The lowest BCUT2D eigenvalue weighted by atomic mass is 10.0. The maximum atomic E-state index is 13.7. The van der Waals surface area contributed by atoms with Crippen molar-refractivity contribution in [2.45, 2.75) is 77.6 Å². The van der Waals surface area contributed by atoms with Crippen LogP contribution in [0.15, 0.2) is 60.7 Å². The van der Waals surface area contributed by atoms with Gasteiger partial charge in [0.1, 0.15) is 18.0 Å². The Bertz CT molecular complexity index is 1490. The summed E-state index contributed by atoms with van der Waals surface area (Å²) in [6.45, 7) is 17.7. The molecule has 10 nitrogen and oxygen atoms in total. The highest BCUT2D eigenvalue weighted by Crippen LogP contribution is 2.37. The summed E-state index contributed by atoms with van der Waals surface area (Å²) < 4.78 is 19.3. The third-order valence-corrected chi connectivity index (χ3v) is 14.3. The van der Waals surface area contributed by atoms with E-state index in [1.165, 1.54) is 10.4 Å². The molecule has 0 radical (unpaired) electrons. The molecule has 1 amide bonds. The summed E-state index contributed by atoms with van der Waals surface area (Å²) in [6, 6.07) is 21.7. The number of nitrogens with zero attached hydrogens (tertiary/aromatic N) is 5. The van der Waals surface area contributed by atoms with E-state index in [1.54, 1.807) is 0 Å². The maximum Gasteiger partial charge on any atom is 0.410 e. The van der Waals surface area contributed by atoms with Gasteiger partial charge in [0.15, 0.2) is 0 Å². The van der Waals surface area contributed by atoms with Gasteiger partial charge in [-0.15, -0.1) is 0 Å². The van der Waals surface area contributed by atoms with E-state index in [0.717, 1.165) is 36.6 Å². The Labute approximate surface area is 294 Å². The molecule has 2 aliphatic rings. The number of carbonyl (C=O) groups excluding carboxylic acids is 1. The quantitative estimate of drug-likeness (QED) is 0.294. The lowest BCUT2D eigenvalue weighted by Crippen LogP contribution is -2.67. The fraction of sp³-hybridized carbons (Fsp3) is 0.553. The highest BCUT2D eigenvalue weighted by atomic mass is 28.4. The second kappa shape index (κ2) is 15.6. The number of anilines is 1. The van der Waals surface area contributed by atoms with Crippen LogP contribution in [0, 0.1) is 0 Å². The molecule has 1 aromatic heterocycles. The van der Waals surface area contributed by atoms with Crippen LogP contribution in [0.3, 0.4) is 0 Å². The first kappa shape index (κ1) is 36.8. The lowest BCUT2D eigenvalue weighted by Gasteiger charge is -2.45. The Morgan fingerprint density at radius 2 is 1.59 bits per heavy atom. The number of ether oxygens (including phenoxy) is 2. The monoisotopic (exact) mass is 688 g/mol. The van der Waals surface area contributed by atoms with Crippen molar-refractivity contribution in [1.82, 2.24) is 25.1 Å². The number of piperazine rings is 1. The molecule has 3 heterocycles. The molecule has 0 unspecified atom stereocenters. The fourth-order valence-electron chi connectivity index (χ4n) is 6.93. The van der Waals surface area contributed by atoms with E-state index in [9.17, 15) is 4.79 Å². The van der Waals surface area contributed by atoms with Crippen molar-refractivity contribution in [2.24, 2.45) is 0 Å². The number of amides is 1. The zero-order valence-corrected chi connectivity index (χ0v) is 31.8. The standard InChI is InChI=1S/C38H56N6O4Si/c1-37(2,3)48-36(45)44-23-22-43(34-32-19-21-39-27-33(32)40-35(41-34)46-26-24-42(7)8)28-29(44)20-25-47-49(38(4,5)6,30-15-11-9-12-16-30)31-17-13-10-14-18-31/h9-18,29,39H,19-28H2,1-8H3/t29-/m0/s1. The molecule has 3 aromatic rings. The Morgan fingerprint density at radius 1 is 0.939 bits per heavy atom. The summed E-state index contributed by atoms with van der Waals surface area (Å²) in [7, 11) is 1.30. The molecule has 0 saturated carbocycles. The van der Waals surface area contributed by atoms with Crippen LogP contribution in [-0.4, -0.2) is 106 Å². The van der Waals surface area contributed by atoms with Gasteiger partial charge in [-0.2, -0.15) is 9.97 Å². The minimum absolute atomic E-state index is 0.143. The smallest absolute Gasteiger partial charge is 0.410 e. The first-order chi connectivity index (χ1) is 23.3. The molecule has 49 heavy (non-hydrogen) atoms. The van der Waals surface area contributed by atoms with E-state index < -0.39 is 13.9 Å². The average Bonchev–Trinajstić information content (AvgIpc) is 3.05. The number of fused-ring (bicyclic) bond motifs is 1. The minimum Gasteiger partial charge on any atom is -0.462 e. The normalized spacial score (nSPS) is 17.2. The van der Waals surface area contributed by atoms with Gasteiger partial charge in [-0.1, -0.05) is 81.4 Å². The highest BCUT2D eigenvalue weighted by molar-refractivity contribution is 6.99. The van der Waals surface area contributed by atoms with E-state index >= 15 is 0 Å². The molecule has 0 spiro atoms. The lowest BCUT2D eigenvalue weighted by molar-refractivity contribution is 0.0117. The van der Waals surface area contributed by atoms with Crippen LogP contribution in [0.25, 0.3) is 0 Å². The number of likely N-dealkylation sites (N-methyl/N-ethyl adjacent to an activating group) is 1. The van der Waals surface area contributed by atoms with Crippen molar-refractivity contribution >= 4 is 30.6 Å². The third kappa shape index (κ3) is 8.81. The van der Waals surface area contributed by atoms with Crippen LogP contribution in [0.1, 0.15) is 59.2 Å². The third-order valence-electron chi connectivity index (χ3n) is 9.26. The first-order valence-corrected chi connectivity index (χ1v) is 19.6. The summed E-state index contributed by atoms with van der Waals surface area (Å²) in [5.41, 5.74) is 1.55. The van der Waals surface area contributed by atoms with Crippen molar-refractivity contribution in [3.63, 3.8) is 0 Å². The Kier molecular flexibility index (Phi) is 11.7. The van der Waals surface area contributed by atoms with Gasteiger partial charge in [-0.3, -0.25) is 0 Å². The number of aromatic nitrogens is 2. The van der Waals surface area contributed by atoms with Crippen LogP contribution < -0.4 is 25.3 Å². The molecule has 1 saturated heterocycles. The van der Waals surface area contributed by atoms with Crippen molar-refractivity contribution in [3.8, 4) is 6.01 Å². The number of nitrogens with one attached hydrogen (secondary N) is 1. The van der Waals surface area contributed by atoms with Gasteiger partial charge < -0.3 is 33.9 Å². The Hall–Kier alpha value is -3.51. The second-order valence-corrected chi connectivity index (χ2v) is 19.7. The van der Waals surface area contributed by atoms with Crippen LogP contribution in [-0.2, 0) is 22.1 Å². The molecule has 2 aromatic carbocycles. The summed E-state index contributed by atoms with van der Waals surface area (Å²) in [5.74, 6) is 0.910. The summed E-state index contributed by atoms with van der Waals surface area (Å²) in [5, 5.41) is 5.79.